The molecule has 1 N–H and O–H groups in total. The van der Waals surface area contributed by atoms with Gasteiger partial charge in [-0.2, -0.15) is 0 Å². The van der Waals surface area contributed by atoms with Crippen LogP contribution in [-0.2, 0) is 0 Å². The van der Waals surface area contributed by atoms with Crippen LogP contribution < -0.4 is 5.32 Å². The molecular formula is C11H24N2. The molecule has 0 bridgehead atoms. The summed E-state index contributed by atoms with van der Waals surface area (Å²) in [6.07, 6.45) is 7.12. The largest absolute Gasteiger partial charge is 0.317 e. The molecule has 78 valence electrons. The first-order valence-electron chi connectivity index (χ1n) is 5.64. The van der Waals surface area contributed by atoms with Crippen molar-refractivity contribution in [2.75, 3.05) is 33.7 Å². The molecule has 13 heavy (non-hydrogen) atoms. The lowest BCUT2D eigenvalue weighted by Crippen LogP contribution is -2.22. The molecule has 1 aliphatic rings. The normalized spacial score (nSPS) is 16.8. The lowest BCUT2D eigenvalue weighted by atomic mass is 10.2. The molecule has 0 aromatic heterocycles. The minimum Gasteiger partial charge on any atom is -0.317 e. The minimum atomic E-state index is 1.10. The molecule has 0 saturated heterocycles. The zero-order chi connectivity index (χ0) is 9.52. The van der Waals surface area contributed by atoms with Gasteiger partial charge in [-0.3, -0.25) is 0 Å². The second kappa shape index (κ2) is 6.39. The van der Waals surface area contributed by atoms with E-state index < -0.39 is 0 Å². The van der Waals surface area contributed by atoms with Crippen LogP contribution in [0, 0.1) is 5.92 Å². The molecule has 0 atom stereocenters. The van der Waals surface area contributed by atoms with Crippen LogP contribution in [0.3, 0.4) is 0 Å². The van der Waals surface area contributed by atoms with Gasteiger partial charge in [-0.15, -0.1) is 0 Å². The van der Waals surface area contributed by atoms with Gasteiger partial charge in [0, 0.05) is 0 Å². The highest BCUT2D eigenvalue weighted by atomic mass is 15.0. The Balaban J connectivity index is 1.68. The zero-order valence-electron chi connectivity index (χ0n) is 9.18. The van der Waals surface area contributed by atoms with Gasteiger partial charge < -0.3 is 10.2 Å². The van der Waals surface area contributed by atoms with Crippen LogP contribution in [-0.4, -0.2) is 38.6 Å². The Kier molecular flexibility index (Phi) is 5.40. The standard InChI is InChI=1S/C11H24N2/c1-13(2)10-4-9-12-8-3-5-11-6-7-11/h11-12H,3-10H2,1-2H3. The van der Waals surface area contributed by atoms with Gasteiger partial charge in [0.05, 0.1) is 0 Å². The molecule has 0 radical (unpaired) electrons. The van der Waals surface area contributed by atoms with E-state index in [1.807, 2.05) is 0 Å². The summed E-state index contributed by atoms with van der Waals surface area (Å²) in [6.45, 7) is 3.61. The van der Waals surface area contributed by atoms with Crippen LogP contribution in [0.25, 0.3) is 0 Å². The Morgan fingerprint density at radius 1 is 1.15 bits per heavy atom. The SMILES string of the molecule is CN(C)CCCNCCCC1CC1. The molecule has 0 aromatic carbocycles. The maximum absolute atomic E-state index is 3.50. The second-order valence-electron chi connectivity index (χ2n) is 4.49. The van der Waals surface area contributed by atoms with Crippen LogP contribution in [0.4, 0.5) is 0 Å². The fourth-order valence-corrected chi connectivity index (χ4v) is 1.57. The third-order valence-electron chi connectivity index (χ3n) is 2.62. The van der Waals surface area contributed by atoms with Gasteiger partial charge in [-0.1, -0.05) is 12.8 Å². The fourth-order valence-electron chi connectivity index (χ4n) is 1.57. The number of hydrogen-bond acceptors (Lipinski definition) is 2. The van der Waals surface area contributed by atoms with Crippen molar-refractivity contribution in [2.45, 2.75) is 32.1 Å². The smallest absolute Gasteiger partial charge is 0.00127 e. The van der Waals surface area contributed by atoms with Crippen molar-refractivity contribution in [1.29, 1.82) is 0 Å². The van der Waals surface area contributed by atoms with Gasteiger partial charge in [0.2, 0.25) is 0 Å². The van der Waals surface area contributed by atoms with E-state index in [-0.39, 0.29) is 0 Å². The van der Waals surface area contributed by atoms with E-state index >= 15 is 0 Å². The number of hydrogen-bond donors (Lipinski definition) is 1. The van der Waals surface area contributed by atoms with Crippen molar-refractivity contribution in [3.63, 3.8) is 0 Å². The van der Waals surface area contributed by atoms with Crippen LogP contribution in [0.1, 0.15) is 32.1 Å². The Morgan fingerprint density at radius 2 is 1.85 bits per heavy atom. The molecular weight excluding hydrogens is 160 g/mol. The van der Waals surface area contributed by atoms with Crippen molar-refractivity contribution >= 4 is 0 Å². The van der Waals surface area contributed by atoms with Crippen molar-refractivity contribution in [2.24, 2.45) is 5.92 Å². The van der Waals surface area contributed by atoms with Gasteiger partial charge in [0.25, 0.3) is 0 Å². The van der Waals surface area contributed by atoms with E-state index in [1.165, 1.54) is 51.7 Å². The third-order valence-corrected chi connectivity index (χ3v) is 2.62. The van der Waals surface area contributed by atoms with Gasteiger partial charge >= 0.3 is 0 Å². The highest BCUT2D eigenvalue weighted by molar-refractivity contribution is 4.72. The Hall–Kier alpha value is -0.0800. The molecule has 0 heterocycles. The summed E-state index contributed by atoms with van der Waals surface area (Å²) in [5.74, 6) is 1.10. The maximum Gasteiger partial charge on any atom is -0.00127 e. The molecule has 1 fully saturated rings. The monoisotopic (exact) mass is 184 g/mol. The third kappa shape index (κ3) is 7.03. The lowest BCUT2D eigenvalue weighted by molar-refractivity contribution is 0.393. The Morgan fingerprint density at radius 3 is 2.46 bits per heavy atom. The summed E-state index contributed by atoms with van der Waals surface area (Å²) < 4.78 is 0. The fraction of sp³-hybridized carbons (Fsp3) is 1.00. The van der Waals surface area contributed by atoms with Crippen LogP contribution in [0.15, 0.2) is 0 Å². The van der Waals surface area contributed by atoms with E-state index in [0.717, 1.165) is 5.92 Å². The molecule has 2 heteroatoms. The number of nitrogens with zero attached hydrogens (tertiary/aromatic N) is 1. The molecule has 1 aliphatic carbocycles. The summed E-state index contributed by atoms with van der Waals surface area (Å²) in [4.78, 5) is 2.24. The van der Waals surface area contributed by atoms with E-state index in [1.54, 1.807) is 0 Å². The summed E-state index contributed by atoms with van der Waals surface area (Å²) in [5, 5.41) is 3.50. The van der Waals surface area contributed by atoms with Crippen molar-refractivity contribution < 1.29 is 0 Å². The first kappa shape index (κ1) is 11.0. The minimum absolute atomic E-state index is 1.10. The van der Waals surface area contributed by atoms with Crippen LogP contribution >= 0.6 is 0 Å². The molecule has 0 spiro atoms. The summed E-state index contributed by atoms with van der Waals surface area (Å²) in [5.41, 5.74) is 0. The molecule has 2 nitrogen and oxygen atoms in total. The Labute approximate surface area is 82.7 Å². The number of rotatable bonds is 8. The first-order valence-corrected chi connectivity index (χ1v) is 5.64. The molecule has 0 amide bonds. The topological polar surface area (TPSA) is 15.3 Å². The van der Waals surface area contributed by atoms with Gasteiger partial charge in [0.1, 0.15) is 0 Å². The van der Waals surface area contributed by atoms with E-state index in [2.05, 4.69) is 24.3 Å². The highest BCUT2D eigenvalue weighted by Gasteiger charge is 2.19. The predicted molar refractivity (Wildman–Crippen MR) is 58.0 cm³/mol. The van der Waals surface area contributed by atoms with E-state index in [0.29, 0.717) is 0 Å². The average molecular weight is 184 g/mol. The molecule has 0 aromatic rings. The first-order chi connectivity index (χ1) is 6.29. The molecule has 0 unspecified atom stereocenters. The average Bonchev–Trinajstić information content (AvgIpc) is 2.86. The van der Waals surface area contributed by atoms with Gasteiger partial charge in [0.15, 0.2) is 0 Å². The van der Waals surface area contributed by atoms with Crippen molar-refractivity contribution in [3.05, 3.63) is 0 Å². The maximum atomic E-state index is 3.50. The quantitative estimate of drug-likeness (QED) is 0.578. The summed E-state index contributed by atoms with van der Waals surface area (Å²) >= 11 is 0. The zero-order valence-corrected chi connectivity index (χ0v) is 9.18. The van der Waals surface area contributed by atoms with Crippen LogP contribution in [0.5, 0.6) is 0 Å². The number of nitrogens with one attached hydrogen (secondary N) is 1. The molecule has 0 aliphatic heterocycles. The molecule has 1 saturated carbocycles. The predicted octanol–water partition coefficient (Wildman–Crippen LogP) is 1.72. The lowest BCUT2D eigenvalue weighted by Gasteiger charge is -2.09. The summed E-state index contributed by atoms with van der Waals surface area (Å²) in [6, 6.07) is 0. The van der Waals surface area contributed by atoms with E-state index in [9.17, 15) is 0 Å². The van der Waals surface area contributed by atoms with E-state index in [4.69, 9.17) is 0 Å². The van der Waals surface area contributed by atoms with Gasteiger partial charge in [-0.25, -0.2) is 0 Å². The summed E-state index contributed by atoms with van der Waals surface area (Å²) in [7, 11) is 4.26. The highest BCUT2D eigenvalue weighted by Crippen LogP contribution is 2.33. The van der Waals surface area contributed by atoms with Crippen LogP contribution in [0.2, 0.25) is 0 Å². The molecule has 1 rings (SSSR count). The van der Waals surface area contributed by atoms with Crippen molar-refractivity contribution in [3.8, 4) is 0 Å². The second-order valence-corrected chi connectivity index (χ2v) is 4.49. The Bertz CT molecular complexity index is 113. The van der Waals surface area contributed by atoms with Gasteiger partial charge in [-0.05, 0) is 58.9 Å². The van der Waals surface area contributed by atoms with Crippen molar-refractivity contribution in [1.82, 2.24) is 10.2 Å².